The Morgan fingerprint density at radius 1 is 1.50 bits per heavy atom. The van der Waals surface area contributed by atoms with Crippen molar-refractivity contribution in [2.24, 2.45) is 0 Å². The highest BCUT2D eigenvalue weighted by atomic mass is 79.9. The minimum atomic E-state index is 0.393. The number of halogens is 1. The van der Waals surface area contributed by atoms with E-state index >= 15 is 0 Å². The molecule has 0 radical (unpaired) electrons. The monoisotopic (exact) mass is 328 g/mol. The van der Waals surface area contributed by atoms with Crippen LogP contribution in [0.4, 0.5) is 5.69 Å². The molecule has 0 aromatic heterocycles. The molecule has 1 aliphatic heterocycles. The quantitative estimate of drug-likeness (QED) is 0.911. The summed E-state index contributed by atoms with van der Waals surface area (Å²) in [7, 11) is 2.00. The second kappa shape index (κ2) is 6.31. The van der Waals surface area contributed by atoms with E-state index in [1.807, 2.05) is 7.05 Å². The normalized spacial score (nSPS) is 22.0. The largest absolute Gasteiger partial charge is 0.366 e. The molecule has 2 unspecified atom stereocenters. The molecule has 1 aliphatic rings. The second-order valence-electron chi connectivity index (χ2n) is 4.84. The predicted molar refractivity (Wildman–Crippen MR) is 85.7 cm³/mol. The summed E-state index contributed by atoms with van der Waals surface area (Å²) in [6.45, 7) is 5.63. The molecule has 4 heteroatoms. The standard InChI is InChI=1S/C14H21BrN2S/c1-10-9-18-7-6-17(10)14-5-4-12(8-13(14)15)11(2)16-3/h4-5,8,10-11,16H,6-7,9H2,1-3H3. The van der Waals surface area contributed by atoms with Crippen LogP contribution in [-0.4, -0.2) is 31.1 Å². The lowest BCUT2D eigenvalue weighted by molar-refractivity contribution is 0.651. The number of anilines is 1. The number of hydrogen-bond donors (Lipinski definition) is 1. The summed E-state index contributed by atoms with van der Waals surface area (Å²) in [5.41, 5.74) is 2.65. The summed E-state index contributed by atoms with van der Waals surface area (Å²) in [5.74, 6) is 2.45. The van der Waals surface area contributed by atoms with Crippen LogP contribution in [-0.2, 0) is 0 Å². The lowest BCUT2D eigenvalue weighted by Crippen LogP contribution is -2.40. The van der Waals surface area contributed by atoms with E-state index in [1.54, 1.807) is 0 Å². The molecule has 1 N–H and O–H groups in total. The van der Waals surface area contributed by atoms with E-state index in [1.165, 1.54) is 27.2 Å². The van der Waals surface area contributed by atoms with Crippen LogP contribution < -0.4 is 10.2 Å². The van der Waals surface area contributed by atoms with E-state index < -0.39 is 0 Å². The first-order valence-corrected chi connectivity index (χ1v) is 8.39. The molecule has 1 saturated heterocycles. The summed E-state index contributed by atoms with van der Waals surface area (Å²) < 4.78 is 1.21. The third-order valence-corrected chi connectivity index (χ3v) is 5.41. The summed E-state index contributed by atoms with van der Waals surface area (Å²) in [5, 5.41) is 3.28. The highest BCUT2D eigenvalue weighted by Gasteiger charge is 2.21. The molecule has 18 heavy (non-hydrogen) atoms. The molecule has 1 heterocycles. The number of benzene rings is 1. The Kier molecular flexibility index (Phi) is 4.98. The first-order valence-electron chi connectivity index (χ1n) is 6.44. The summed E-state index contributed by atoms with van der Waals surface area (Å²) in [6.07, 6.45) is 0. The van der Waals surface area contributed by atoms with Crippen LogP contribution in [0.5, 0.6) is 0 Å². The Balaban J connectivity index is 2.23. The Labute approximate surface area is 123 Å². The molecule has 0 bridgehead atoms. The van der Waals surface area contributed by atoms with Crippen LogP contribution in [0.2, 0.25) is 0 Å². The first-order chi connectivity index (χ1) is 8.63. The average Bonchev–Trinajstić information content (AvgIpc) is 2.39. The van der Waals surface area contributed by atoms with Gasteiger partial charge in [-0.2, -0.15) is 11.8 Å². The summed E-state index contributed by atoms with van der Waals surface area (Å²) >= 11 is 5.78. The third-order valence-electron chi connectivity index (χ3n) is 3.58. The molecule has 0 spiro atoms. The fraction of sp³-hybridized carbons (Fsp3) is 0.571. The van der Waals surface area contributed by atoms with E-state index in [0.29, 0.717) is 12.1 Å². The average molecular weight is 329 g/mol. The predicted octanol–water partition coefficient (Wildman–Crippen LogP) is 3.67. The van der Waals surface area contributed by atoms with Crippen molar-refractivity contribution >= 4 is 33.4 Å². The van der Waals surface area contributed by atoms with Crippen molar-refractivity contribution in [1.29, 1.82) is 0 Å². The van der Waals surface area contributed by atoms with Gasteiger partial charge in [0, 0.05) is 34.6 Å². The van der Waals surface area contributed by atoms with E-state index in [2.05, 4.69) is 70.0 Å². The molecule has 100 valence electrons. The smallest absolute Gasteiger partial charge is 0.0513 e. The molecule has 2 rings (SSSR count). The second-order valence-corrected chi connectivity index (χ2v) is 6.84. The maximum atomic E-state index is 3.73. The van der Waals surface area contributed by atoms with Crippen LogP contribution >= 0.6 is 27.7 Å². The zero-order valence-corrected chi connectivity index (χ0v) is 13.6. The van der Waals surface area contributed by atoms with Crippen molar-refractivity contribution in [2.75, 3.05) is 30.0 Å². The van der Waals surface area contributed by atoms with Crippen LogP contribution in [0, 0.1) is 0 Å². The van der Waals surface area contributed by atoms with Crippen molar-refractivity contribution in [3.8, 4) is 0 Å². The van der Waals surface area contributed by atoms with E-state index in [4.69, 9.17) is 0 Å². The van der Waals surface area contributed by atoms with Gasteiger partial charge in [-0.1, -0.05) is 6.07 Å². The van der Waals surface area contributed by atoms with Gasteiger partial charge in [-0.05, 0) is 54.5 Å². The number of thioether (sulfide) groups is 1. The molecule has 1 aromatic carbocycles. The molecule has 2 atom stereocenters. The first kappa shape index (κ1) is 14.2. The van der Waals surface area contributed by atoms with Gasteiger partial charge in [0.15, 0.2) is 0 Å². The molecular weight excluding hydrogens is 308 g/mol. The molecule has 1 fully saturated rings. The van der Waals surface area contributed by atoms with E-state index in [-0.39, 0.29) is 0 Å². The highest BCUT2D eigenvalue weighted by Crippen LogP contribution is 2.32. The maximum absolute atomic E-state index is 3.73. The van der Waals surface area contributed by atoms with Gasteiger partial charge in [-0.25, -0.2) is 0 Å². The van der Waals surface area contributed by atoms with Crippen LogP contribution in [0.15, 0.2) is 22.7 Å². The van der Waals surface area contributed by atoms with Gasteiger partial charge in [0.25, 0.3) is 0 Å². The van der Waals surface area contributed by atoms with Crippen LogP contribution in [0.1, 0.15) is 25.5 Å². The van der Waals surface area contributed by atoms with Crippen molar-refractivity contribution in [3.05, 3.63) is 28.2 Å². The number of nitrogens with zero attached hydrogens (tertiary/aromatic N) is 1. The highest BCUT2D eigenvalue weighted by molar-refractivity contribution is 9.10. The van der Waals surface area contributed by atoms with Gasteiger partial charge < -0.3 is 10.2 Å². The van der Waals surface area contributed by atoms with Crippen molar-refractivity contribution < 1.29 is 0 Å². The summed E-state index contributed by atoms with van der Waals surface area (Å²) in [4.78, 5) is 2.51. The van der Waals surface area contributed by atoms with Gasteiger partial charge in [0.2, 0.25) is 0 Å². The maximum Gasteiger partial charge on any atom is 0.0513 e. The minimum absolute atomic E-state index is 0.393. The van der Waals surface area contributed by atoms with E-state index in [0.717, 1.165) is 6.54 Å². The SMILES string of the molecule is CNC(C)c1ccc(N2CCSCC2C)c(Br)c1. The molecule has 0 saturated carbocycles. The Hall–Kier alpha value is -0.190. The van der Waals surface area contributed by atoms with E-state index in [9.17, 15) is 0 Å². The Bertz CT molecular complexity index is 411. The van der Waals surface area contributed by atoms with Crippen molar-refractivity contribution in [3.63, 3.8) is 0 Å². The van der Waals surface area contributed by atoms with Gasteiger partial charge in [0.1, 0.15) is 0 Å². The van der Waals surface area contributed by atoms with Crippen LogP contribution in [0.3, 0.4) is 0 Å². The van der Waals surface area contributed by atoms with Gasteiger partial charge in [-0.3, -0.25) is 0 Å². The lowest BCUT2D eigenvalue weighted by atomic mass is 10.1. The summed E-state index contributed by atoms with van der Waals surface area (Å²) in [6, 6.07) is 7.73. The van der Waals surface area contributed by atoms with Crippen LogP contribution in [0.25, 0.3) is 0 Å². The molecule has 2 nitrogen and oxygen atoms in total. The molecular formula is C14H21BrN2S. The fourth-order valence-corrected chi connectivity index (χ4v) is 3.91. The number of hydrogen-bond acceptors (Lipinski definition) is 3. The van der Waals surface area contributed by atoms with Crippen molar-refractivity contribution in [2.45, 2.75) is 25.9 Å². The zero-order valence-electron chi connectivity index (χ0n) is 11.2. The Morgan fingerprint density at radius 2 is 2.28 bits per heavy atom. The zero-order chi connectivity index (χ0) is 13.1. The van der Waals surface area contributed by atoms with Crippen molar-refractivity contribution in [1.82, 2.24) is 5.32 Å². The molecule has 0 aliphatic carbocycles. The third kappa shape index (κ3) is 3.03. The van der Waals surface area contributed by atoms with Gasteiger partial charge >= 0.3 is 0 Å². The molecule has 1 aromatic rings. The van der Waals surface area contributed by atoms with Gasteiger partial charge in [-0.15, -0.1) is 0 Å². The van der Waals surface area contributed by atoms with Gasteiger partial charge in [0.05, 0.1) is 5.69 Å². The molecule has 0 amide bonds. The lowest BCUT2D eigenvalue weighted by Gasteiger charge is -2.36. The Morgan fingerprint density at radius 3 is 2.89 bits per heavy atom. The minimum Gasteiger partial charge on any atom is -0.366 e. The number of nitrogens with one attached hydrogen (secondary N) is 1. The fourth-order valence-electron chi connectivity index (χ4n) is 2.28. The topological polar surface area (TPSA) is 15.3 Å². The number of rotatable bonds is 3.